The van der Waals surface area contributed by atoms with Crippen molar-refractivity contribution in [1.82, 2.24) is 0 Å². The molecule has 0 bridgehead atoms. The van der Waals surface area contributed by atoms with Crippen molar-refractivity contribution in [2.24, 2.45) is 0 Å². The molecular formula is C20H36O2Si. The Morgan fingerprint density at radius 2 is 1.78 bits per heavy atom. The molecule has 0 spiro atoms. The van der Waals surface area contributed by atoms with Crippen LogP contribution in [-0.4, -0.2) is 21.0 Å². The van der Waals surface area contributed by atoms with Crippen LogP contribution in [0.2, 0.25) is 18.1 Å². The molecule has 0 N–H and O–H groups in total. The van der Waals surface area contributed by atoms with E-state index in [1.807, 2.05) is 39.0 Å². The zero-order valence-electron chi connectivity index (χ0n) is 16.6. The maximum Gasteiger partial charge on any atom is 0.193 e. The normalized spacial score (nSPS) is 13.4. The minimum absolute atomic E-state index is 0.0106. The number of rotatable bonds is 6. The van der Waals surface area contributed by atoms with Crippen molar-refractivity contribution in [3.05, 3.63) is 42.0 Å². The summed E-state index contributed by atoms with van der Waals surface area (Å²) in [5, 5.41) is 0.205. The van der Waals surface area contributed by atoms with Gasteiger partial charge >= 0.3 is 0 Å². The van der Waals surface area contributed by atoms with E-state index in [0.717, 1.165) is 5.75 Å². The second-order valence-corrected chi connectivity index (χ2v) is 11.8. The standard InChI is InChI=1S/C18H30O2Si.C2H6/c1-8-10-17(20-21(6,7)18(3,4)5)14-19-16-12-9-11-15(2)13-16;1-2/h8-13,17H,14H2,1-7H3;1-2H3/b10-8+;/t17-;/m1./s1. The van der Waals surface area contributed by atoms with Crippen LogP contribution in [0.1, 0.15) is 47.1 Å². The highest BCUT2D eigenvalue weighted by atomic mass is 28.4. The Morgan fingerprint density at radius 1 is 1.17 bits per heavy atom. The van der Waals surface area contributed by atoms with Gasteiger partial charge in [-0.05, 0) is 49.7 Å². The molecule has 0 aliphatic rings. The molecule has 0 amide bonds. The fraction of sp³-hybridized carbons (Fsp3) is 0.600. The van der Waals surface area contributed by atoms with Crippen molar-refractivity contribution in [3.8, 4) is 5.75 Å². The minimum atomic E-state index is -1.79. The molecule has 23 heavy (non-hydrogen) atoms. The van der Waals surface area contributed by atoms with Gasteiger partial charge in [-0.25, -0.2) is 0 Å². The number of ether oxygens (including phenoxy) is 1. The summed E-state index contributed by atoms with van der Waals surface area (Å²) in [6.45, 7) is 20.0. The van der Waals surface area contributed by atoms with Crippen molar-refractivity contribution in [3.63, 3.8) is 0 Å². The van der Waals surface area contributed by atoms with Crippen LogP contribution in [-0.2, 0) is 4.43 Å². The average Bonchev–Trinajstić information content (AvgIpc) is 2.46. The summed E-state index contributed by atoms with van der Waals surface area (Å²) in [4.78, 5) is 0. The van der Waals surface area contributed by atoms with Gasteiger partial charge in [0.1, 0.15) is 12.4 Å². The number of hydrogen-bond acceptors (Lipinski definition) is 2. The monoisotopic (exact) mass is 336 g/mol. The van der Waals surface area contributed by atoms with Gasteiger partial charge in [-0.15, -0.1) is 0 Å². The van der Waals surface area contributed by atoms with Crippen molar-refractivity contribution < 1.29 is 9.16 Å². The van der Waals surface area contributed by atoms with Crippen LogP contribution in [0.5, 0.6) is 5.75 Å². The van der Waals surface area contributed by atoms with Gasteiger partial charge in [-0.1, -0.05) is 58.9 Å². The number of benzene rings is 1. The lowest BCUT2D eigenvalue weighted by molar-refractivity contribution is 0.150. The molecule has 1 aromatic rings. The van der Waals surface area contributed by atoms with Crippen molar-refractivity contribution in [1.29, 1.82) is 0 Å². The van der Waals surface area contributed by atoms with Gasteiger partial charge in [-0.3, -0.25) is 0 Å². The van der Waals surface area contributed by atoms with E-state index in [-0.39, 0.29) is 11.1 Å². The Balaban J connectivity index is 0.00000232. The molecule has 0 aliphatic carbocycles. The molecule has 3 heteroatoms. The predicted molar refractivity (Wildman–Crippen MR) is 105 cm³/mol. The Bertz CT molecular complexity index is 473. The number of aryl methyl sites for hydroxylation is 1. The lowest BCUT2D eigenvalue weighted by Crippen LogP contribution is -2.44. The molecule has 0 unspecified atom stereocenters. The van der Waals surface area contributed by atoms with Crippen LogP contribution in [0.15, 0.2) is 36.4 Å². The molecule has 1 aromatic carbocycles. The highest BCUT2D eigenvalue weighted by Gasteiger charge is 2.38. The fourth-order valence-electron chi connectivity index (χ4n) is 1.78. The maximum absolute atomic E-state index is 6.42. The topological polar surface area (TPSA) is 18.5 Å². The van der Waals surface area contributed by atoms with Crippen molar-refractivity contribution in [2.45, 2.75) is 72.7 Å². The molecule has 0 aromatic heterocycles. The molecular weight excluding hydrogens is 300 g/mol. The zero-order valence-corrected chi connectivity index (χ0v) is 17.6. The first-order valence-corrected chi connectivity index (χ1v) is 11.6. The van der Waals surface area contributed by atoms with Crippen molar-refractivity contribution >= 4 is 8.32 Å². The van der Waals surface area contributed by atoms with Crippen molar-refractivity contribution in [2.75, 3.05) is 6.61 Å². The van der Waals surface area contributed by atoms with Crippen LogP contribution in [0.3, 0.4) is 0 Å². The Hall–Kier alpha value is -1.06. The Kier molecular flexibility index (Phi) is 9.48. The molecule has 0 fully saturated rings. The number of hydrogen-bond donors (Lipinski definition) is 0. The molecule has 0 heterocycles. The van der Waals surface area contributed by atoms with E-state index in [1.165, 1.54) is 5.56 Å². The fourth-order valence-corrected chi connectivity index (χ4v) is 3.04. The van der Waals surface area contributed by atoms with Crippen LogP contribution in [0.25, 0.3) is 0 Å². The second kappa shape index (κ2) is 9.94. The van der Waals surface area contributed by atoms with E-state index in [1.54, 1.807) is 0 Å². The summed E-state index contributed by atoms with van der Waals surface area (Å²) in [6.07, 6.45) is 4.14. The zero-order chi connectivity index (χ0) is 18.1. The summed E-state index contributed by atoms with van der Waals surface area (Å²) in [5.74, 6) is 0.906. The third-order valence-electron chi connectivity index (χ3n) is 4.06. The average molecular weight is 337 g/mol. The van der Waals surface area contributed by atoms with E-state index < -0.39 is 8.32 Å². The summed E-state index contributed by atoms with van der Waals surface area (Å²) in [5.41, 5.74) is 1.21. The minimum Gasteiger partial charge on any atom is -0.491 e. The summed E-state index contributed by atoms with van der Waals surface area (Å²) in [6, 6.07) is 8.14. The van der Waals surface area contributed by atoms with Gasteiger partial charge < -0.3 is 9.16 Å². The highest BCUT2D eigenvalue weighted by Crippen LogP contribution is 2.37. The molecule has 2 nitrogen and oxygen atoms in total. The van der Waals surface area contributed by atoms with E-state index in [0.29, 0.717) is 6.61 Å². The van der Waals surface area contributed by atoms with Gasteiger partial charge in [0.05, 0.1) is 6.10 Å². The summed E-state index contributed by atoms with van der Waals surface area (Å²) in [7, 11) is -1.79. The first-order chi connectivity index (χ1) is 10.7. The van der Waals surface area contributed by atoms with E-state index >= 15 is 0 Å². The Labute approximate surface area is 145 Å². The SMILES string of the molecule is C/C=C/[C@H](COc1cccc(C)c1)O[Si](C)(C)C(C)(C)C.CC. The first-order valence-electron chi connectivity index (χ1n) is 8.66. The largest absolute Gasteiger partial charge is 0.491 e. The van der Waals surface area contributed by atoms with Crippen LogP contribution >= 0.6 is 0 Å². The van der Waals surface area contributed by atoms with Gasteiger partial charge in [0, 0.05) is 0 Å². The molecule has 0 saturated carbocycles. The summed E-state index contributed by atoms with van der Waals surface area (Å²) < 4.78 is 12.3. The van der Waals surface area contributed by atoms with Gasteiger partial charge in [0.25, 0.3) is 0 Å². The molecule has 1 rings (SSSR count). The second-order valence-electron chi connectivity index (χ2n) is 7.07. The van der Waals surface area contributed by atoms with Gasteiger partial charge in [0.15, 0.2) is 8.32 Å². The smallest absolute Gasteiger partial charge is 0.193 e. The van der Waals surface area contributed by atoms with E-state index in [9.17, 15) is 0 Å². The van der Waals surface area contributed by atoms with E-state index in [4.69, 9.17) is 9.16 Å². The quantitative estimate of drug-likeness (QED) is 0.444. The predicted octanol–water partition coefficient (Wildman–Crippen LogP) is 6.37. The van der Waals surface area contributed by atoms with Crippen LogP contribution in [0.4, 0.5) is 0 Å². The third kappa shape index (κ3) is 7.84. The summed E-state index contributed by atoms with van der Waals surface area (Å²) >= 11 is 0. The maximum atomic E-state index is 6.42. The van der Waals surface area contributed by atoms with Gasteiger partial charge in [0.2, 0.25) is 0 Å². The first kappa shape index (κ1) is 21.9. The van der Waals surface area contributed by atoms with Crippen LogP contribution < -0.4 is 4.74 Å². The molecule has 0 aliphatic heterocycles. The lowest BCUT2D eigenvalue weighted by atomic mass is 10.2. The lowest BCUT2D eigenvalue weighted by Gasteiger charge is -2.38. The van der Waals surface area contributed by atoms with Gasteiger partial charge in [-0.2, -0.15) is 0 Å². The molecule has 0 saturated heterocycles. The molecule has 0 radical (unpaired) electrons. The molecule has 132 valence electrons. The van der Waals surface area contributed by atoms with E-state index in [2.05, 4.69) is 59.0 Å². The highest BCUT2D eigenvalue weighted by molar-refractivity contribution is 6.74. The Morgan fingerprint density at radius 3 is 2.26 bits per heavy atom. The third-order valence-corrected chi connectivity index (χ3v) is 8.57. The molecule has 1 atom stereocenters. The number of allylic oxidation sites excluding steroid dienone is 1. The van der Waals surface area contributed by atoms with Crippen LogP contribution in [0, 0.1) is 6.92 Å².